The van der Waals surface area contributed by atoms with Crippen LogP contribution in [0.3, 0.4) is 0 Å². The van der Waals surface area contributed by atoms with E-state index in [4.69, 9.17) is 0 Å². The summed E-state index contributed by atoms with van der Waals surface area (Å²) in [5.74, 6) is 0.0247. The molecule has 1 N–H and O–H groups in total. The smallest absolute Gasteiger partial charge is 0.317 e. The van der Waals surface area contributed by atoms with Gasteiger partial charge in [-0.15, -0.1) is 5.12 Å². The molecule has 1 unspecified atom stereocenters. The van der Waals surface area contributed by atoms with Crippen molar-refractivity contribution in [3.05, 3.63) is 29.8 Å². The quantitative estimate of drug-likeness (QED) is 0.655. The Morgan fingerprint density at radius 2 is 1.90 bits per heavy atom. The number of urea groups is 1. The first-order chi connectivity index (χ1) is 9.69. The average molecular weight is 304 g/mol. The van der Waals surface area contributed by atoms with Crippen LogP contribution in [0.25, 0.3) is 0 Å². The Bertz CT molecular complexity index is 544. The van der Waals surface area contributed by atoms with Gasteiger partial charge in [0.05, 0.1) is 5.69 Å². The first-order valence-corrected chi connectivity index (χ1v) is 6.63. The van der Waals surface area contributed by atoms with Gasteiger partial charge in [-0.1, -0.05) is 36.5 Å². The van der Waals surface area contributed by atoms with Crippen LogP contribution in [-0.2, 0) is 5.54 Å². The Labute approximate surface area is 119 Å². The lowest BCUT2D eigenvalue weighted by Gasteiger charge is -2.42. The molecule has 0 saturated heterocycles. The van der Waals surface area contributed by atoms with Gasteiger partial charge < -0.3 is 5.32 Å². The molecule has 0 spiro atoms. The molecule has 1 aromatic rings. The molecule has 0 fully saturated rings. The molecule has 1 aromatic carbocycles. The van der Waals surface area contributed by atoms with Gasteiger partial charge >= 0.3 is 12.2 Å². The number of rotatable bonds is 3. The molecule has 1 aliphatic rings. The lowest BCUT2D eigenvalue weighted by Crippen LogP contribution is -2.61. The average Bonchev–Trinajstić information content (AvgIpc) is 2.40. The summed E-state index contributed by atoms with van der Waals surface area (Å²) >= 11 is 0. The number of carbonyl (C=O) groups excluding carboxylic acids is 1. The van der Waals surface area contributed by atoms with E-state index >= 15 is 0 Å². The van der Waals surface area contributed by atoms with Gasteiger partial charge in [0.1, 0.15) is 0 Å². The maximum Gasteiger partial charge on any atom is 0.415 e. The van der Waals surface area contributed by atoms with Crippen LogP contribution in [-0.4, -0.2) is 12.2 Å². The fraction of sp³-hybridized carbons (Fsp3) is 0.500. The third kappa shape index (κ3) is 2.56. The van der Waals surface area contributed by atoms with E-state index in [9.17, 15) is 22.4 Å². The highest BCUT2D eigenvalue weighted by atomic mass is 19.4. The van der Waals surface area contributed by atoms with Gasteiger partial charge in [0.2, 0.25) is 0 Å². The molecule has 0 radical (unpaired) electrons. The number of alkyl halides is 3. The van der Waals surface area contributed by atoms with Crippen LogP contribution < -0.4 is 10.4 Å². The molecular formula is C14H16F4N2O. The topological polar surface area (TPSA) is 32.3 Å². The molecule has 21 heavy (non-hydrogen) atoms. The zero-order valence-electron chi connectivity index (χ0n) is 11.7. The SMILES string of the molecule is CC(C)CCC1(C(F)(F)F)NC(=O)N(F)c2ccccc21. The van der Waals surface area contributed by atoms with E-state index in [1.54, 1.807) is 13.8 Å². The Morgan fingerprint density at radius 3 is 2.48 bits per heavy atom. The number of benzene rings is 1. The summed E-state index contributed by atoms with van der Waals surface area (Å²) in [6.07, 6.45) is -4.79. The van der Waals surface area contributed by atoms with Crippen LogP contribution in [0.1, 0.15) is 32.3 Å². The maximum absolute atomic E-state index is 13.8. The molecular weight excluding hydrogens is 288 g/mol. The lowest BCUT2D eigenvalue weighted by molar-refractivity contribution is -0.201. The summed E-state index contributed by atoms with van der Waals surface area (Å²) in [7, 11) is 0. The molecule has 1 atom stereocenters. The van der Waals surface area contributed by atoms with Crippen molar-refractivity contribution in [1.29, 1.82) is 0 Å². The minimum absolute atomic E-state index is 0.0247. The molecule has 3 nitrogen and oxygen atoms in total. The van der Waals surface area contributed by atoms with Gasteiger partial charge in [-0.2, -0.15) is 13.2 Å². The Hall–Kier alpha value is -1.79. The van der Waals surface area contributed by atoms with Gasteiger partial charge in [-0.05, 0) is 24.8 Å². The van der Waals surface area contributed by atoms with Gasteiger partial charge in [0.15, 0.2) is 5.54 Å². The molecule has 116 valence electrons. The fourth-order valence-corrected chi connectivity index (χ4v) is 2.48. The molecule has 2 rings (SSSR count). The number of anilines is 1. The summed E-state index contributed by atoms with van der Waals surface area (Å²) in [6, 6.07) is 3.78. The second-order valence-corrected chi connectivity index (χ2v) is 5.56. The van der Waals surface area contributed by atoms with Crippen molar-refractivity contribution in [2.75, 3.05) is 5.12 Å². The third-order valence-electron chi connectivity index (χ3n) is 3.65. The summed E-state index contributed by atoms with van der Waals surface area (Å²) in [4.78, 5) is 11.6. The molecule has 7 heteroatoms. The van der Waals surface area contributed by atoms with Crippen LogP contribution in [0.5, 0.6) is 0 Å². The van der Waals surface area contributed by atoms with Crippen molar-refractivity contribution in [2.45, 2.75) is 38.4 Å². The van der Waals surface area contributed by atoms with Crippen molar-refractivity contribution in [1.82, 2.24) is 5.32 Å². The van der Waals surface area contributed by atoms with Crippen molar-refractivity contribution >= 4 is 11.7 Å². The molecule has 0 aromatic heterocycles. The number of halogens is 4. The van der Waals surface area contributed by atoms with E-state index in [1.807, 2.05) is 5.32 Å². The summed E-state index contributed by atoms with van der Waals surface area (Å²) in [5.41, 5.74) is -3.17. The first-order valence-electron chi connectivity index (χ1n) is 6.63. The van der Waals surface area contributed by atoms with E-state index in [-0.39, 0.29) is 35.1 Å². The lowest BCUT2D eigenvalue weighted by atomic mass is 9.80. The molecule has 0 aliphatic carbocycles. The Balaban J connectivity index is 2.59. The fourth-order valence-electron chi connectivity index (χ4n) is 2.48. The number of fused-ring (bicyclic) bond motifs is 1. The van der Waals surface area contributed by atoms with Crippen LogP contribution in [0.2, 0.25) is 0 Å². The highest BCUT2D eigenvalue weighted by molar-refractivity contribution is 5.94. The molecule has 1 heterocycles. The minimum Gasteiger partial charge on any atom is -0.317 e. The maximum atomic E-state index is 13.8. The van der Waals surface area contributed by atoms with Crippen LogP contribution >= 0.6 is 0 Å². The summed E-state index contributed by atoms with van der Waals surface area (Å²) < 4.78 is 54.8. The third-order valence-corrected chi connectivity index (χ3v) is 3.65. The number of amides is 2. The van der Waals surface area contributed by atoms with Crippen molar-refractivity contribution < 1.29 is 22.4 Å². The van der Waals surface area contributed by atoms with Crippen molar-refractivity contribution in [2.24, 2.45) is 5.92 Å². The number of hydrogen-bond acceptors (Lipinski definition) is 1. The standard InChI is InChI=1S/C14H16F4N2O/c1-9(2)7-8-13(14(15,16)17)10-5-3-4-6-11(10)20(18)12(21)19-13/h3-6,9H,7-8H2,1-2H3,(H,19,21). The number of hydrogen-bond donors (Lipinski definition) is 1. The van der Waals surface area contributed by atoms with E-state index in [1.165, 1.54) is 24.3 Å². The molecule has 1 aliphatic heterocycles. The summed E-state index contributed by atoms with van der Waals surface area (Å²) in [5, 5.41) is 1.54. The monoisotopic (exact) mass is 304 g/mol. The van der Waals surface area contributed by atoms with E-state index in [2.05, 4.69) is 0 Å². The highest BCUT2D eigenvalue weighted by Crippen LogP contribution is 2.48. The van der Waals surface area contributed by atoms with Gasteiger partial charge in [0, 0.05) is 5.56 Å². The second-order valence-electron chi connectivity index (χ2n) is 5.56. The molecule has 0 saturated carbocycles. The number of nitrogens with zero attached hydrogens (tertiary/aromatic N) is 1. The number of para-hydroxylation sites is 1. The largest absolute Gasteiger partial charge is 0.415 e. The van der Waals surface area contributed by atoms with Gasteiger partial charge in [0.25, 0.3) is 0 Å². The van der Waals surface area contributed by atoms with Gasteiger partial charge in [-0.3, -0.25) is 0 Å². The van der Waals surface area contributed by atoms with Gasteiger partial charge in [-0.25, -0.2) is 4.79 Å². The molecule has 2 amide bonds. The van der Waals surface area contributed by atoms with Crippen molar-refractivity contribution in [3.63, 3.8) is 0 Å². The van der Waals surface area contributed by atoms with E-state index in [0.717, 1.165) is 0 Å². The van der Waals surface area contributed by atoms with Crippen LogP contribution in [0.15, 0.2) is 24.3 Å². The minimum atomic E-state index is -4.71. The predicted octanol–water partition coefficient (Wildman–Crippen LogP) is 4.29. The van der Waals surface area contributed by atoms with E-state index < -0.39 is 17.7 Å². The Morgan fingerprint density at radius 1 is 1.29 bits per heavy atom. The van der Waals surface area contributed by atoms with Crippen LogP contribution in [0, 0.1) is 5.92 Å². The Kier molecular flexibility index (Phi) is 3.86. The van der Waals surface area contributed by atoms with E-state index in [0.29, 0.717) is 0 Å². The molecule has 0 bridgehead atoms. The highest BCUT2D eigenvalue weighted by Gasteiger charge is 2.60. The van der Waals surface area contributed by atoms with Crippen molar-refractivity contribution in [3.8, 4) is 0 Å². The number of nitrogens with one attached hydrogen (secondary N) is 1. The predicted molar refractivity (Wildman–Crippen MR) is 70.4 cm³/mol. The normalized spacial score (nSPS) is 22.2. The summed E-state index contributed by atoms with van der Waals surface area (Å²) in [6.45, 7) is 3.59. The zero-order valence-corrected chi connectivity index (χ0v) is 11.7. The van der Waals surface area contributed by atoms with Crippen LogP contribution in [0.4, 0.5) is 28.1 Å². The second kappa shape index (κ2) is 5.20. The number of carbonyl (C=O) groups is 1. The zero-order chi connectivity index (χ0) is 15.8. The first kappa shape index (κ1) is 15.6.